The lowest BCUT2D eigenvalue weighted by Crippen LogP contribution is -2.31. The van der Waals surface area contributed by atoms with E-state index in [1.54, 1.807) is 17.5 Å². The maximum absolute atomic E-state index is 12.0. The lowest BCUT2D eigenvalue weighted by molar-refractivity contribution is 0.0946. The van der Waals surface area contributed by atoms with Crippen molar-refractivity contribution in [1.82, 2.24) is 20.3 Å². The molecule has 0 saturated heterocycles. The van der Waals surface area contributed by atoms with E-state index in [1.807, 2.05) is 48.0 Å². The summed E-state index contributed by atoms with van der Waals surface area (Å²) in [5.74, 6) is -0.0123. The highest BCUT2D eigenvalue weighted by Gasteiger charge is 2.19. The second-order valence-electron chi connectivity index (χ2n) is 6.81. The molecular weight excluding hydrogens is 380 g/mol. The number of hydrogen-bond donors (Lipinski definition) is 2. The summed E-state index contributed by atoms with van der Waals surface area (Å²) in [7, 11) is 0. The van der Waals surface area contributed by atoms with Crippen LogP contribution in [0.1, 0.15) is 27.3 Å². The Morgan fingerprint density at radius 3 is 2.79 bits per heavy atom. The molecule has 5 nitrogen and oxygen atoms in total. The Hall–Kier alpha value is -3.51. The molecule has 0 saturated carbocycles. The molecule has 0 fully saturated rings. The number of rotatable bonds is 4. The number of thiazole rings is 1. The molecule has 1 aliphatic rings. The lowest BCUT2D eigenvalue weighted by Gasteiger charge is -2.10. The second-order valence-corrected chi connectivity index (χ2v) is 7.70. The van der Waals surface area contributed by atoms with Crippen molar-refractivity contribution >= 4 is 29.4 Å². The Morgan fingerprint density at radius 1 is 1.00 bits per heavy atom. The van der Waals surface area contributed by atoms with E-state index in [0.717, 1.165) is 50.8 Å². The van der Waals surface area contributed by atoms with E-state index >= 15 is 0 Å². The number of hydrogen-bond acceptors (Lipinski definition) is 4. The van der Waals surface area contributed by atoms with E-state index < -0.39 is 0 Å². The van der Waals surface area contributed by atoms with Crippen molar-refractivity contribution in [3.05, 3.63) is 82.8 Å². The van der Waals surface area contributed by atoms with Crippen LogP contribution >= 0.6 is 11.3 Å². The topological polar surface area (TPSA) is 70.7 Å². The third-order valence-corrected chi connectivity index (χ3v) is 5.76. The van der Waals surface area contributed by atoms with E-state index in [1.165, 1.54) is 0 Å². The average molecular weight is 398 g/mol. The Kier molecular flexibility index (Phi) is 4.54. The zero-order chi connectivity index (χ0) is 19.6. The molecule has 4 heterocycles. The van der Waals surface area contributed by atoms with Crippen LogP contribution in [-0.2, 0) is 6.42 Å². The van der Waals surface area contributed by atoms with Gasteiger partial charge in [-0.25, -0.2) is 4.98 Å². The van der Waals surface area contributed by atoms with Gasteiger partial charge in [0.2, 0.25) is 0 Å². The van der Waals surface area contributed by atoms with Crippen LogP contribution in [0, 0.1) is 0 Å². The number of carbonyl (C=O) groups is 1. The second kappa shape index (κ2) is 7.48. The normalized spacial score (nSPS) is 13.4. The molecular formula is C23H18N4OS. The number of amides is 1. The lowest BCUT2D eigenvalue weighted by atomic mass is 10.1. The highest BCUT2D eigenvalue weighted by Crippen LogP contribution is 2.28. The van der Waals surface area contributed by atoms with Crippen molar-refractivity contribution in [3.8, 4) is 21.8 Å². The van der Waals surface area contributed by atoms with E-state index in [2.05, 4.69) is 38.5 Å². The zero-order valence-corrected chi connectivity index (χ0v) is 16.4. The van der Waals surface area contributed by atoms with Crippen LogP contribution in [-0.4, -0.2) is 27.4 Å². The van der Waals surface area contributed by atoms with E-state index in [9.17, 15) is 4.79 Å². The first kappa shape index (κ1) is 17.6. The fraction of sp³-hybridized carbons (Fsp3) is 0.0870. The number of nitrogens with zero attached hydrogens (tertiary/aromatic N) is 2. The Bertz CT molecular complexity index is 1210. The molecule has 0 bridgehead atoms. The maximum Gasteiger partial charge on any atom is 0.253 e. The third-order valence-electron chi connectivity index (χ3n) is 4.95. The number of nitrogens with one attached hydrogen (secondary N) is 2. The largest absolute Gasteiger partial charge is 0.358 e. The number of carbonyl (C=O) groups excluding carboxylic acids is 1. The third kappa shape index (κ3) is 3.50. The molecule has 1 amide bonds. The fourth-order valence-electron chi connectivity index (χ4n) is 3.52. The summed E-state index contributed by atoms with van der Waals surface area (Å²) in [5.41, 5.74) is 6.74. The standard InChI is InChI=1S/C23H18N4OS/c28-22-19-14-21(27-20(19)8-10-25-22)16-7-9-24-17(13-16)6-5-15-3-1-2-4-18(15)23-26-11-12-29-23/h1-7,9,11-14,27H,8,10H2,(H,25,28). The van der Waals surface area contributed by atoms with Crippen LogP contribution < -0.4 is 5.32 Å². The van der Waals surface area contributed by atoms with Crippen LogP contribution in [0.2, 0.25) is 0 Å². The first-order valence-electron chi connectivity index (χ1n) is 9.41. The smallest absolute Gasteiger partial charge is 0.253 e. The monoisotopic (exact) mass is 398 g/mol. The predicted octanol–water partition coefficient (Wildman–Crippen LogP) is 4.66. The number of benzene rings is 1. The van der Waals surface area contributed by atoms with Crippen LogP contribution in [0.3, 0.4) is 0 Å². The van der Waals surface area contributed by atoms with Gasteiger partial charge in [0.05, 0.1) is 11.3 Å². The molecule has 1 aliphatic heterocycles. The van der Waals surface area contributed by atoms with Crippen molar-refractivity contribution in [2.45, 2.75) is 6.42 Å². The van der Waals surface area contributed by atoms with Crippen molar-refractivity contribution in [2.24, 2.45) is 0 Å². The van der Waals surface area contributed by atoms with E-state index in [0.29, 0.717) is 6.54 Å². The van der Waals surface area contributed by atoms with Gasteiger partial charge in [-0.1, -0.05) is 30.3 Å². The van der Waals surface area contributed by atoms with Crippen molar-refractivity contribution < 1.29 is 4.79 Å². The van der Waals surface area contributed by atoms with Gasteiger partial charge >= 0.3 is 0 Å². The van der Waals surface area contributed by atoms with Gasteiger partial charge in [0.1, 0.15) is 5.01 Å². The predicted molar refractivity (Wildman–Crippen MR) is 117 cm³/mol. The average Bonchev–Trinajstić information content (AvgIpc) is 3.43. The summed E-state index contributed by atoms with van der Waals surface area (Å²) in [6, 6.07) is 14.1. The Labute approximate surface area is 172 Å². The summed E-state index contributed by atoms with van der Waals surface area (Å²) in [6.45, 7) is 0.675. The van der Waals surface area contributed by atoms with Crippen molar-refractivity contribution in [3.63, 3.8) is 0 Å². The van der Waals surface area contributed by atoms with Gasteiger partial charge in [0, 0.05) is 53.3 Å². The van der Waals surface area contributed by atoms with Crippen LogP contribution in [0.5, 0.6) is 0 Å². The molecule has 4 aromatic rings. The summed E-state index contributed by atoms with van der Waals surface area (Å²) < 4.78 is 0. The number of fused-ring (bicyclic) bond motifs is 1. The van der Waals surface area contributed by atoms with Gasteiger partial charge in [-0.05, 0) is 29.8 Å². The Balaban J connectivity index is 1.45. The van der Waals surface area contributed by atoms with E-state index in [4.69, 9.17) is 0 Å². The summed E-state index contributed by atoms with van der Waals surface area (Å²) in [5, 5.41) is 5.87. The molecule has 1 aromatic carbocycles. The van der Waals surface area contributed by atoms with Crippen molar-refractivity contribution in [2.75, 3.05) is 6.54 Å². The van der Waals surface area contributed by atoms with Crippen molar-refractivity contribution in [1.29, 1.82) is 0 Å². The maximum atomic E-state index is 12.0. The van der Waals surface area contributed by atoms with Gasteiger partial charge in [-0.2, -0.15) is 0 Å². The molecule has 0 aliphatic carbocycles. The molecule has 0 unspecified atom stereocenters. The molecule has 29 heavy (non-hydrogen) atoms. The minimum absolute atomic E-state index is 0.0123. The molecule has 0 atom stereocenters. The summed E-state index contributed by atoms with van der Waals surface area (Å²) in [6.07, 6.45) is 8.51. The van der Waals surface area contributed by atoms with Crippen LogP contribution in [0.4, 0.5) is 0 Å². The molecule has 2 N–H and O–H groups in total. The molecule has 3 aromatic heterocycles. The van der Waals surface area contributed by atoms with Crippen LogP contribution in [0.25, 0.3) is 34.0 Å². The fourth-order valence-corrected chi connectivity index (χ4v) is 4.21. The molecule has 142 valence electrons. The number of H-pyrrole nitrogens is 1. The van der Waals surface area contributed by atoms with Gasteiger partial charge in [-0.3, -0.25) is 9.78 Å². The van der Waals surface area contributed by atoms with Gasteiger partial charge < -0.3 is 10.3 Å². The minimum atomic E-state index is -0.0123. The first-order valence-corrected chi connectivity index (χ1v) is 10.3. The number of pyridine rings is 1. The molecule has 6 heteroatoms. The first-order chi connectivity index (χ1) is 14.3. The minimum Gasteiger partial charge on any atom is -0.358 e. The quantitative estimate of drug-likeness (QED) is 0.525. The molecule has 5 rings (SSSR count). The number of aromatic nitrogens is 3. The van der Waals surface area contributed by atoms with Gasteiger partial charge in [-0.15, -0.1) is 11.3 Å². The highest BCUT2D eigenvalue weighted by molar-refractivity contribution is 7.13. The SMILES string of the molecule is O=C1NCCc2[nH]c(-c3ccnc(C=Cc4ccccc4-c4nccs4)c3)cc21. The summed E-state index contributed by atoms with van der Waals surface area (Å²) in [4.78, 5) is 24.3. The summed E-state index contributed by atoms with van der Waals surface area (Å²) >= 11 is 1.63. The molecule has 0 radical (unpaired) electrons. The zero-order valence-electron chi connectivity index (χ0n) is 15.6. The van der Waals surface area contributed by atoms with Crippen LogP contribution in [0.15, 0.2) is 60.2 Å². The van der Waals surface area contributed by atoms with E-state index in [-0.39, 0.29) is 5.91 Å². The highest BCUT2D eigenvalue weighted by atomic mass is 32.1. The number of aromatic amines is 1. The Morgan fingerprint density at radius 2 is 1.93 bits per heavy atom. The van der Waals surface area contributed by atoms with Gasteiger partial charge in [0.15, 0.2) is 0 Å². The van der Waals surface area contributed by atoms with Gasteiger partial charge in [0.25, 0.3) is 5.91 Å². The molecule has 0 spiro atoms.